The van der Waals surface area contributed by atoms with E-state index in [0.29, 0.717) is 18.9 Å². The van der Waals surface area contributed by atoms with Crippen molar-refractivity contribution in [2.24, 2.45) is 0 Å². The smallest absolute Gasteiger partial charge is 0.240 e. The summed E-state index contributed by atoms with van der Waals surface area (Å²) in [6.07, 6.45) is 4.53. The molecule has 1 atom stereocenters. The highest BCUT2D eigenvalue weighted by Gasteiger charge is 2.28. The fourth-order valence-electron chi connectivity index (χ4n) is 5.04. The number of aromatic nitrogens is 1. The molecule has 4 nitrogen and oxygen atoms in total. The number of carbonyl (C=O) groups excluding carboxylic acids is 1. The van der Waals surface area contributed by atoms with Gasteiger partial charge in [0.15, 0.2) is 0 Å². The lowest BCUT2D eigenvalue weighted by atomic mass is 9.89. The maximum atomic E-state index is 13.7. The van der Waals surface area contributed by atoms with Crippen LogP contribution in [0.3, 0.4) is 0 Å². The maximum absolute atomic E-state index is 13.7. The van der Waals surface area contributed by atoms with Crippen molar-refractivity contribution in [1.82, 2.24) is 15.2 Å². The molecule has 3 aromatic carbocycles. The first-order valence-electron chi connectivity index (χ1n) is 12.9. The molecule has 0 radical (unpaired) electrons. The van der Waals surface area contributed by atoms with E-state index in [1.807, 2.05) is 42.6 Å². The van der Waals surface area contributed by atoms with Gasteiger partial charge in [0.1, 0.15) is 0 Å². The van der Waals surface area contributed by atoms with Crippen molar-refractivity contribution in [2.45, 2.75) is 37.8 Å². The Morgan fingerprint density at radius 2 is 1.47 bits per heavy atom. The average Bonchev–Trinajstić information content (AvgIpc) is 2.97. The first kappa shape index (κ1) is 24.0. The van der Waals surface area contributed by atoms with E-state index in [1.54, 1.807) is 0 Å². The van der Waals surface area contributed by atoms with E-state index < -0.39 is 0 Å². The van der Waals surface area contributed by atoms with Crippen molar-refractivity contribution < 1.29 is 4.79 Å². The van der Waals surface area contributed by atoms with Gasteiger partial charge in [-0.1, -0.05) is 91.0 Å². The van der Waals surface area contributed by atoms with E-state index in [2.05, 4.69) is 81.9 Å². The number of nitrogens with zero attached hydrogens (tertiary/aromatic N) is 2. The second kappa shape index (κ2) is 11.8. The number of hydrogen-bond acceptors (Lipinski definition) is 3. The topological polar surface area (TPSA) is 45.2 Å². The Labute approximate surface area is 214 Å². The van der Waals surface area contributed by atoms with E-state index in [9.17, 15) is 4.79 Å². The van der Waals surface area contributed by atoms with Crippen molar-refractivity contribution in [3.63, 3.8) is 0 Å². The van der Waals surface area contributed by atoms with E-state index in [-0.39, 0.29) is 11.9 Å². The minimum atomic E-state index is -0.254. The van der Waals surface area contributed by atoms with E-state index >= 15 is 0 Å². The van der Waals surface area contributed by atoms with Crippen molar-refractivity contribution in [2.75, 3.05) is 13.1 Å². The van der Waals surface area contributed by atoms with Crippen LogP contribution in [0.25, 0.3) is 11.3 Å². The van der Waals surface area contributed by atoms with Crippen LogP contribution in [0.5, 0.6) is 0 Å². The maximum Gasteiger partial charge on any atom is 0.240 e. The normalized spacial score (nSPS) is 14.9. The fourth-order valence-corrected chi connectivity index (χ4v) is 5.04. The lowest BCUT2D eigenvalue weighted by Gasteiger charge is -2.35. The van der Waals surface area contributed by atoms with Gasteiger partial charge in [0.05, 0.1) is 11.7 Å². The molecule has 0 aliphatic carbocycles. The quantitative estimate of drug-likeness (QED) is 0.347. The summed E-state index contributed by atoms with van der Waals surface area (Å²) >= 11 is 0. The van der Waals surface area contributed by atoms with Crippen LogP contribution < -0.4 is 5.32 Å². The minimum Gasteiger partial charge on any atom is -0.341 e. The Kier molecular flexibility index (Phi) is 7.84. The molecule has 1 aliphatic rings. The van der Waals surface area contributed by atoms with Crippen LogP contribution in [0.2, 0.25) is 0 Å². The minimum absolute atomic E-state index is 0.204. The van der Waals surface area contributed by atoms with Crippen LogP contribution in [-0.4, -0.2) is 34.9 Å². The molecular formula is C32H33N3O. The summed E-state index contributed by atoms with van der Waals surface area (Å²) in [5, 5.41) is 3.58. The number of hydrogen-bond donors (Lipinski definition) is 1. The Hall–Kier alpha value is -3.76. The summed E-state index contributed by atoms with van der Waals surface area (Å²) < 4.78 is 0. The molecule has 0 spiro atoms. The molecule has 0 saturated carbocycles. The Bertz CT molecular complexity index is 1220. The van der Waals surface area contributed by atoms with Gasteiger partial charge in [-0.05, 0) is 54.0 Å². The average molecular weight is 476 g/mol. The summed E-state index contributed by atoms with van der Waals surface area (Å²) in [5.41, 5.74) is 5.78. The van der Waals surface area contributed by atoms with E-state index in [0.717, 1.165) is 42.8 Å². The first-order valence-corrected chi connectivity index (χ1v) is 12.9. The molecule has 2 heterocycles. The third kappa shape index (κ3) is 6.07. The van der Waals surface area contributed by atoms with Gasteiger partial charge in [0, 0.05) is 31.4 Å². The number of pyridine rings is 1. The van der Waals surface area contributed by atoms with Crippen LogP contribution in [0.4, 0.5) is 0 Å². The third-order valence-corrected chi connectivity index (χ3v) is 7.13. The van der Waals surface area contributed by atoms with Crippen LogP contribution in [0.1, 0.15) is 35.4 Å². The number of nitrogens with one attached hydrogen (secondary N) is 1. The van der Waals surface area contributed by atoms with Crippen LogP contribution in [0, 0.1) is 0 Å². The van der Waals surface area contributed by atoms with Crippen LogP contribution in [0.15, 0.2) is 109 Å². The van der Waals surface area contributed by atoms with Gasteiger partial charge in [-0.2, -0.15) is 0 Å². The third-order valence-electron chi connectivity index (χ3n) is 7.13. The predicted molar refractivity (Wildman–Crippen MR) is 145 cm³/mol. The molecule has 182 valence electrons. The number of rotatable bonds is 8. The molecule has 36 heavy (non-hydrogen) atoms. The molecule has 4 heteroatoms. The molecule has 1 amide bonds. The van der Waals surface area contributed by atoms with Crippen molar-refractivity contribution in [3.05, 3.63) is 126 Å². The highest BCUT2D eigenvalue weighted by Crippen LogP contribution is 2.28. The molecule has 1 aromatic heterocycles. The molecule has 1 saturated heterocycles. The molecule has 1 aliphatic heterocycles. The van der Waals surface area contributed by atoms with Crippen molar-refractivity contribution in [1.29, 1.82) is 0 Å². The zero-order valence-electron chi connectivity index (χ0n) is 20.6. The second-order valence-corrected chi connectivity index (χ2v) is 9.55. The van der Waals surface area contributed by atoms with Gasteiger partial charge >= 0.3 is 0 Å². The Morgan fingerprint density at radius 1 is 0.806 bits per heavy atom. The summed E-state index contributed by atoms with van der Waals surface area (Å²) in [4.78, 5) is 20.2. The van der Waals surface area contributed by atoms with E-state index in [1.165, 1.54) is 11.1 Å². The summed E-state index contributed by atoms with van der Waals surface area (Å²) in [6, 6.07) is 35.1. The van der Waals surface area contributed by atoms with Crippen LogP contribution >= 0.6 is 0 Å². The summed E-state index contributed by atoms with van der Waals surface area (Å²) in [7, 11) is 0. The zero-order chi connectivity index (χ0) is 24.6. The second-order valence-electron chi connectivity index (χ2n) is 9.55. The molecule has 1 N–H and O–H groups in total. The van der Waals surface area contributed by atoms with Gasteiger partial charge in [0.2, 0.25) is 5.91 Å². The highest BCUT2D eigenvalue weighted by molar-refractivity contribution is 5.82. The van der Waals surface area contributed by atoms with E-state index in [4.69, 9.17) is 0 Å². The largest absolute Gasteiger partial charge is 0.341 e. The molecule has 1 unspecified atom stereocenters. The molecule has 5 rings (SSSR count). The Balaban J connectivity index is 1.24. The summed E-state index contributed by atoms with van der Waals surface area (Å²) in [5.74, 6) is 0.740. The standard InChI is InChI=1S/C32H33N3O/c36-32(35-21-18-28(19-22-35)27-11-5-2-6-12-27)31(23-25-9-3-1-4-10-25)34-24-26-14-16-29(17-15-26)30-13-7-8-20-33-30/h1-17,20,28,31,34H,18-19,21-24H2. The van der Waals surface area contributed by atoms with Gasteiger partial charge in [-0.25, -0.2) is 0 Å². The van der Waals surface area contributed by atoms with Gasteiger partial charge in [-0.15, -0.1) is 0 Å². The summed E-state index contributed by atoms with van der Waals surface area (Å²) in [6.45, 7) is 2.26. The zero-order valence-corrected chi connectivity index (χ0v) is 20.6. The molecule has 4 aromatic rings. The van der Waals surface area contributed by atoms with Gasteiger partial charge in [0.25, 0.3) is 0 Å². The van der Waals surface area contributed by atoms with Crippen molar-refractivity contribution >= 4 is 5.91 Å². The number of likely N-dealkylation sites (tertiary alicyclic amines) is 1. The number of carbonyl (C=O) groups is 1. The first-order chi connectivity index (χ1) is 17.8. The van der Waals surface area contributed by atoms with Gasteiger partial charge in [-0.3, -0.25) is 9.78 Å². The molecule has 0 bridgehead atoms. The number of amides is 1. The number of piperidine rings is 1. The SMILES string of the molecule is O=C(C(Cc1ccccc1)NCc1ccc(-c2ccccn2)cc1)N1CCC(c2ccccc2)CC1. The molecule has 1 fully saturated rings. The Morgan fingerprint density at radius 3 is 2.14 bits per heavy atom. The van der Waals surface area contributed by atoms with Gasteiger partial charge < -0.3 is 10.2 Å². The van der Waals surface area contributed by atoms with Crippen molar-refractivity contribution in [3.8, 4) is 11.3 Å². The fraction of sp³-hybridized carbons (Fsp3) is 0.250. The van der Waals surface area contributed by atoms with Crippen LogP contribution in [-0.2, 0) is 17.8 Å². The monoisotopic (exact) mass is 475 g/mol. The number of benzene rings is 3. The highest BCUT2D eigenvalue weighted by atomic mass is 16.2. The molecular weight excluding hydrogens is 442 g/mol. The lowest BCUT2D eigenvalue weighted by Crippen LogP contribution is -2.49. The lowest BCUT2D eigenvalue weighted by molar-refractivity contribution is -0.134. The predicted octanol–water partition coefficient (Wildman–Crippen LogP) is 5.86.